The van der Waals surface area contributed by atoms with Gasteiger partial charge in [0.2, 0.25) is 10.0 Å². The number of carbonyl (C=O) groups is 1. The van der Waals surface area contributed by atoms with Crippen molar-refractivity contribution in [2.75, 3.05) is 23.4 Å². The van der Waals surface area contributed by atoms with Gasteiger partial charge in [0, 0.05) is 24.2 Å². The van der Waals surface area contributed by atoms with Gasteiger partial charge in [-0.25, -0.2) is 8.42 Å². The molecular weight excluding hydrogens is 382 g/mol. The van der Waals surface area contributed by atoms with E-state index in [0.29, 0.717) is 22.3 Å². The molecule has 0 bridgehead atoms. The van der Waals surface area contributed by atoms with Crippen LogP contribution >= 0.6 is 0 Å². The maximum atomic E-state index is 12.8. The summed E-state index contributed by atoms with van der Waals surface area (Å²) in [5, 5.41) is 3.33. The Bertz CT molecular complexity index is 1230. The Morgan fingerprint density at radius 2 is 1.82 bits per heavy atom. The standard InChI is InChI=1S/C19H19N3O5S/c1-22-16-7-5-4-6-13(16)14(11-18(22)23)19(24)20-12-8-9-17(27-2)15(10-12)21-28(3,25)26/h4-11,21H,1-3H3,(H,20,24). The zero-order valence-electron chi connectivity index (χ0n) is 15.5. The van der Waals surface area contributed by atoms with Gasteiger partial charge in [-0.3, -0.25) is 14.3 Å². The summed E-state index contributed by atoms with van der Waals surface area (Å²) in [6.45, 7) is 0. The zero-order chi connectivity index (χ0) is 20.5. The third-order valence-electron chi connectivity index (χ3n) is 4.15. The molecule has 1 amide bonds. The van der Waals surface area contributed by atoms with Gasteiger partial charge in [0.05, 0.1) is 30.1 Å². The molecule has 3 rings (SSSR count). The van der Waals surface area contributed by atoms with E-state index in [4.69, 9.17) is 4.74 Å². The molecular formula is C19H19N3O5S. The van der Waals surface area contributed by atoms with E-state index in [1.54, 1.807) is 37.4 Å². The van der Waals surface area contributed by atoms with Crippen LogP contribution in [0.2, 0.25) is 0 Å². The second-order valence-electron chi connectivity index (χ2n) is 6.22. The minimum absolute atomic E-state index is 0.191. The maximum absolute atomic E-state index is 12.8. The first-order valence-corrected chi connectivity index (χ1v) is 10.1. The number of para-hydroxylation sites is 1. The Kier molecular flexibility index (Phi) is 5.10. The Labute approximate surface area is 161 Å². The fourth-order valence-electron chi connectivity index (χ4n) is 2.86. The molecule has 1 heterocycles. The van der Waals surface area contributed by atoms with Crippen molar-refractivity contribution in [1.29, 1.82) is 0 Å². The molecule has 0 radical (unpaired) electrons. The number of pyridine rings is 1. The third kappa shape index (κ3) is 3.99. The molecule has 1 aromatic heterocycles. The molecule has 0 fully saturated rings. The number of aryl methyl sites for hydroxylation is 1. The lowest BCUT2D eigenvalue weighted by Crippen LogP contribution is -2.21. The highest BCUT2D eigenvalue weighted by Crippen LogP contribution is 2.29. The Balaban J connectivity index is 2.00. The number of carbonyl (C=O) groups excluding carboxylic acids is 1. The van der Waals surface area contributed by atoms with E-state index in [1.165, 1.54) is 29.9 Å². The average Bonchev–Trinajstić information content (AvgIpc) is 2.63. The lowest BCUT2D eigenvalue weighted by atomic mass is 10.1. The van der Waals surface area contributed by atoms with Gasteiger partial charge in [-0.2, -0.15) is 0 Å². The van der Waals surface area contributed by atoms with Gasteiger partial charge in [0.15, 0.2) is 0 Å². The highest BCUT2D eigenvalue weighted by molar-refractivity contribution is 7.92. The Morgan fingerprint density at radius 1 is 1.11 bits per heavy atom. The van der Waals surface area contributed by atoms with Crippen molar-refractivity contribution in [3.8, 4) is 5.75 Å². The predicted molar refractivity (Wildman–Crippen MR) is 109 cm³/mol. The van der Waals surface area contributed by atoms with Gasteiger partial charge < -0.3 is 14.6 Å². The van der Waals surface area contributed by atoms with Crippen LogP contribution in [0, 0.1) is 0 Å². The topological polar surface area (TPSA) is 106 Å². The number of methoxy groups -OCH3 is 1. The zero-order valence-corrected chi connectivity index (χ0v) is 16.3. The number of benzene rings is 2. The largest absolute Gasteiger partial charge is 0.495 e. The third-order valence-corrected chi connectivity index (χ3v) is 4.74. The van der Waals surface area contributed by atoms with Crippen molar-refractivity contribution >= 4 is 38.2 Å². The van der Waals surface area contributed by atoms with E-state index in [9.17, 15) is 18.0 Å². The number of hydrogen-bond donors (Lipinski definition) is 2. The fourth-order valence-corrected chi connectivity index (χ4v) is 3.42. The molecule has 8 nitrogen and oxygen atoms in total. The fraction of sp³-hybridized carbons (Fsp3) is 0.158. The molecule has 0 saturated heterocycles. The molecule has 9 heteroatoms. The minimum atomic E-state index is -3.53. The Morgan fingerprint density at radius 3 is 2.50 bits per heavy atom. The van der Waals surface area contributed by atoms with Crippen molar-refractivity contribution in [3.05, 3.63) is 64.4 Å². The summed E-state index contributed by atoms with van der Waals surface area (Å²) >= 11 is 0. The van der Waals surface area contributed by atoms with Gasteiger partial charge in [-0.05, 0) is 24.3 Å². The predicted octanol–water partition coefficient (Wildman–Crippen LogP) is 2.17. The van der Waals surface area contributed by atoms with Crippen molar-refractivity contribution in [3.63, 3.8) is 0 Å². The number of ether oxygens (including phenoxy) is 1. The van der Waals surface area contributed by atoms with Crippen molar-refractivity contribution in [2.24, 2.45) is 7.05 Å². The minimum Gasteiger partial charge on any atom is -0.495 e. The number of fused-ring (bicyclic) bond motifs is 1. The van der Waals surface area contributed by atoms with E-state index in [-0.39, 0.29) is 16.8 Å². The van der Waals surface area contributed by atoms with E-state index in [0.717, 1.165) is 6.26 Å². The van der Waals surface area contributed by atoms with Crippen LogP contribution in [0.5, 0.6) is 5.75 Å². The molecule has 0 spiro atoms. The quantitative estimate of drug-likeness (QED) is 0.681. The van der Waals surface area contributed by atoms with Crippen molar-refractivity contribution in [1.82, 2.24) is 4.57 Å². The molecule has 28 heavy (non-hydrogen) atoms. The summed E-state index contributed by atoms with van der Waals surface area (Å²) in [5.74, 6) is -0.174. The Hall–Kier alpha value is -3.33. The summed E-state index contributed by atoms with van der Waals surface area (Å²) in [5.41, 5.74) is 1.10. The summed E-state index contributed by atoms with van der Waals surface area (Å²) in [7, 11) is -0.486. The summed E-state index contributed by atoms with van der Waals surface area (Å²) in [6, 6.07) is 12.9. The van der Waals surface area contributed by atoms with Crippen LogP contribution in [-0.4, -0.2) is 32.3 Å². The lowest BCUT2D eigenvalue weighted by Gasteiger charge is -2.13. The molecule has 3 aromatic rings. The number of sulfonamides is 1. The first-order valence-electron chi connectivity index (χ1n) is 8.25. The van der Waals surface area contributed by atoms with Crippen LogP contribution in [0.25, 0.3) is 10.9 Å². The van der Waals surface area contributed by atoms with Crippen LogP contribution in [0.1, 0.15) is 10.4 Å². The van der Waals surface area contributed by atoms with Gasteiger partial charge in [0.1, 0.15) is 5.75 Å². The summed E-state index contributed by atoms with van der Waals surface area (Å²) in [4.78, 5) is 25.0. The van der Waals surface area contributed by atoms with Gasteiger partial charge in [0.25, 0.3) is 11.5 Å². The molecule has 0 aliphatic rings. The molecule has 146 valence electrons. The van der Waals surface area contributed by atoms with Crippen LogP contribution in [-0.2, 0) is 17.1 Å². The normalized spacial score (nSPS) is 11.2. The van der Waals surface area contributed by atoms with Crippen LogP contribution < -0.4 is 20.3 Å². The van der Waals surface area contributed by atoms with E-state index >= 15 is 0 Å². The lowest BCUT2D eigenvalue weighted by molar-refractivity contribution is 0.102. The first-order chi connectivity index (χ1) is 13.2. The monoisotopic (exact) mass is 401 g/mol. The molecule has 0 saturated carbocycles. The van der Waals surface area contributed by atoms with Crippen LogP contribution in [0.3, 0.4) is 0 Å². The molecule has 0 aliphatic carbocycles. The van der Waals surface area contributed by atoms with Crippen molar-refractivity contribution in [2.45, 2.75) is 0 Å². The number of hydrogen-bond acceptors (Lipinski definition) is 5. The van der Waals surface area contributed by atoms with E-state index in [1.807, 2.05) is 0 Å². The van der Waals surface area contributed by atoms with Crippen molar-refractivity contribution < 1.29 is 17.9 Å². The van der Waals surface area contributed by atoms with Gasteiger partial charge in [-0.15, -0.1) is 0 Å². The number of rotatable bonds is 5. The number of aromatic nitrogens is 1. The summed E-state index contributed by atoms with van der Waals surface area (Å²) in [6.07, 6.45) is 1.02. The average molecular weight is 401 g/mol. The summed E-state index contributed by atoms with van der Waals surface area (Å²) < 4.78 is 32.0. The maximum Gasteiger partial charge on any atom is 0.256 e. The van der Waals surface area contributed by atoms with Crippen LogP contribution in [0.15, 0.2) is 53.3 Å². The second-order valence-corrected chi connectivity index (χ2v) is 7.96. The molecule has 2 N–H and O–H groups in total. The number of nitrogens with one attached hydrogen (secondary N) is 2. The number of nitrogens with zero attached hydrogens (tertiary/aromatic N) is 1. The molecule has 2 aromatic carbocycles. The molecule has 0 unspecified atom stereocenters. The highest BCUT2D eigenvalue weighted by Gasteiger charge is 2.15. The number of amides is 1. The van der Waals surface area contributed by atoms with Gasteiger partial charge >= 0.3 is 0 Å². The smallest absolute Gasteiger partial charge is 0.256 e. The highest BCUT2D eigenvalue weighted by atomic mass is 32.2. The first kappa shape index (κ1) is 19.4. The molecule has 0 aliphatic heterocycles. The molecule has 0 atom stereocenters. The number of anilines is 2. The van der Waals surface area contributed by atoms with Crippen LogP contribution in [0.4, 0.5) is 11.4 Å². The SMILES string of the molecule is COc1ccc(NC(=O)c2cc(=O)n(C)c3ccccc23)cc1NS(C)(=O)=O. The van der Waals surface area contributed by atoms with E-state index in [2.05, 4.69) is 10.0 Å². The van der Waals surface area contributed by atoms with E-state index < -0.39 is 15.9 Å². The van der Waals surface area contributed by atoms with Gasteiger partial charge in [-0.1, -0.05) is 18.2 Å². The second kappa shape index (κ2) is 7.35.